The molecule has 0 saturated heterocycles. The van der Waals surface area contributed by atoms with Crippen LogP contribution in [0, 0.1) is 20.8 Å². The minimum atomic E-state index is -0.975. The molecule has 1 N–H and O–H groups in total. The molecule has 0 aliphatic carbocycles. The number of esters is 2. The highest BCUT2D eigenvalue weighted by molar-refractivity contribution is 7.14. The van der Waals surface area contributed by atoms with Crippen molar-refractivity contribution in [1.82, 2.24) is 4.98 Å². The Morgan fingerprint density at radius 2 is 1.85 bits per heavy atom. The second-order valence-electron chi connectivity index (χ2n) is 6.47. The third kappa shape index (κ3) is 4.30. The summed E-state index contributed by atoms with van der Waals surface area (Å²) in [6.07, 6.45) is 0.924. The third-order valence-corrected chi connectivity index (χ3v) is 5.54. The van der Waals surface area contributed by atoms with E-state index in [0.717, 1.165) is 23.3 Å². The van der Waals surface area contributed by atoms with Crippen LogP contribution in [-0.2, 0) is 15.9 Å². The molecular formula is C20H25NO5S. The third-order valence-electron chi connectivity index (χ3n) is 4.47. The molecule has 1 atom stereocenters. The second kappa shape index (κ2) is 8.52. The molecule has 2 aromatic rings. The summed E-state index contributed by atoms with van der Waals surface area (Å²) in [7, 11) is 1.29. The van der Waals surface area contributed by atoms with Gasteiger partial charge in [0.05, 0.1) is 18.4 Å². The average Bonchev–Trinajstić information content (AvgIpc) is 3.13. The van der Waals surface area contributed by atoms with Crippen LogP contribution in [0.25, 0.3) is 0 Å². The molecular weight excluding hydrogens is 366 g/mol. The molecule has 2 heterocycles. The summed E-state index contributed by atoms with van der Waals surface area (Å²) in [5, 5.41) is 0. The first-order valence-corrected chi connectivity index (χ1v) is 9.64. The van der Waals surface area contributed by atoms with Gasteiger partial charge in [-0.15, -0.1) is 11.3 Å². The number of hydrogen-bond acceptors (Lipinski definition) is 6. The molecule has 0 bridgehead atoms. The first-order chi connectivity index (χ1) is 12.7. The van der Waals surface area contributed by atoms with Crippen molar-refractivity contribution in [2.75, 3.05) is 7.11 Å². The highest BCUT2D eigenvalue weighted by Gasteiger charge is 2.28. The number of Topliss-reactive ketones (excluding diaryl/α,β-unsaturated/α-hetero) is 1. The lowest BCUT2D eigenvalue weighted by molar-refractivity contribution is 0.0321. The zero-order valence-corrected chi connectivity index (χ0v) is 17.3. The van der Waals surface area contributed by atoms with Crippen LogP contribution in [0.15, 0.2) is 6.07 Å². The fraction of sp³-hybridized carbons (Fsp3) is 0.450. The summed E-state index contributed by atoms with van der Waals surface area (Å²) in [5.74, 6) is -1.41. The van der Waals surface area contributed by atoms with Crippen molar-refractivity contribution in [2.24, 2.45) is 0 Å². The molecule has 6 nitrogen and oxygen atoms in total. The monoisotopic (exact) mass is 391 g/mol. The van der Waals surface area contributed by atoms with Gasteiger partial charge in [-0.05, 0) is 51.3 Å². The first-order valence-electron chi connectivity index (χ1n) is 8.83. The van der Waals surface area contributed by atoms with Crippen LogP contribution in [0.2, 0.25) is 0 Å². The molecule has 0 aliphatic heterocycles. The molecule has 0 amide bonds. The van der Waals surface area contributed by atoms with Crippen LogP contribution in [0.4, 0.5) is 0 Å². The molecule has 0 radical (unpaired) electrons. The van der Waals surface area contributed by atoms with Gasteiger partial charge < -0.3 is 14.5 Å². The summed E-state index contributed by atoms with van der Waals surface area (Å²) < 4.78 is 10.1. The highest BCUT2D eigenvalue weighted by atomic mass is 32.1. The summed E-state index contributed by atoms with van der Waals surface area (Å²) in [5.41, 5.74) is 2.75. The first kappa shape index (κ1) is 20.9. The van der Waals surface area contributed by atoms with Crippen LogP contribution >= 0.6 is 11.3 Å². The molecule has 2 rings (SSSR count). The van der Waals surface area contributed by atoms with Gasteiger partial charge in [-0.2, -0.15) is 0 Å². The van der Waals surface area contributed by atoms with E-state index in [9.17, 15) is 14.4 Å². The maximum atomic E-state index is 12.7. The predicted octanol–water partition coefficient (Wildman–Crippen LogP) is 4.17. The minimum Gasteiger partial charge on any atom is -0.465 e. The highest BCUT2D eigenvalue weighted by Crippen LogP contribution is 2.25. The normalized spacial score (nSPS) is 11.9. The van der Waals surface area contributed by atoms with Gasteiger partial charge >= 0.3 is 11.9 Å². The van der Waals surface area contributed by atoms with Gasteiger partial charge in [0.1, 0.15) is 4.88 Å². The number of methoxy groups -OCH3 is 1. The zero-order valence-electron chi connectivity index (χ0n) is 16.5. The molecule has 0 aliphatic rings. The SMILES string of the molecule is CCCc1cc(C(=O)O[C@H](C)C(=O)c2[nH]c(C)c(C(=O)OC)c2C)sc1C. The number of H-pyrrole nitrogens is 1. The van der Waals surface area contributed by atoms with Gasteiger partial charge in [0, 0.05) is 10.6 Å². The Balaban J connectivity index is 2.17. The standard InChI is InChI=1S/C20H25NO5S/c1-7-8-14-9-15(27-13(14)5)19(23)26-12(4)18(22)17-10(2)16(11(3)21-17)20(24)25-6/h9,12,21H,7-8H2,1-6H3/t12-/m1/s1. The Morgan fingerprint density at radius 1 is 1.19 bits per heavy atom. The molecule has 146 valence electrons. The molecule has 0 unspecified atom stereocenters. The van der Waals surface area contributed by atoms with Gasteiger partial charge in [-0.1, -0.05) is 13.3 Å². The van der Waals surface area contributed by atoms with E-state index in [4.69, 9.17) is 9.47 Å². The van der Waals surface area contributed by atoms with Crippen molar-refractivity contribution in [3.8, 4) is 0 Å². The van der Waals surface area contributed by atoms with Gasteiger partial charge in [0.25, 0.3) is 0 Å². The van der Waals surface area contributed by atoms with E-state index in [1.165, 1.54) is 25.4 Å². The van der Waals surface area contributed by atoms with E-state index in [0.29, 0.717) is 21.7 Å². The maximum absolute atomic E-state index is 12.7. The van der Waals surface area contributed by atoms with Crippen molar-refractivity contribution < 1.29 is 23.9 Å². The fourth-order valence-corrected chi connectivity index (χ4v) is 3.97. The number of nitrogens with one attached hydrogen (secondary N) is 1. The fourth-order valence-electron chi connectivity index (χ4n) is 3.02. The van der Waals surface area contributed by atoms with E-state index < -0.39 is 18.0 Å². The van der Waals surface area contributed by atoms with Crippen LogP contribution in [0.1, 0.15) is 72.5 Å². The van der Waals surface area contributed by atoms with Crippen LogP contribution < -0.4 is 0 Å². The van der Waals surface area contributed by atoms with E-state index in [1.54, 1.807) is 13.8 Å². The number of hydrogen-bond donors (Lipinski definition) is 1. The zero-order chi connectivity index (χ0) is 20.3. The molecule has 2 aromatic heterocycles. The number of rotatable bonds is 7. The predicted molar refractivity (Wildman–Crippen MR) is 104 cm³/mol. The molecule has 27 heavy (non-hydrogen) atoms. The Morgan fingerprint density at radius 3 is 2.44 bits per heavy atom. The van der Waals surface area contributed by atoms with Crippen LogP contribution in [0.5, 0.6) is 0 Å². The summed E-state index contributed by atoms with van der Waals surface area (Å²) in [6, 6.07) is 1.84. The van der Waals surface area contributed by atoms with E-state index in [1.807, 2.05) is 13.0 Å². The van der Waals surface area contributed by atoms with E-state index in [-0.39, 0.29) is 11.5 Å². The molecule has 7 heteroatoms. The lowest BCUT2D eigenvalue weighted by Crippen LogP contribution is -2.25. The van der Waals surface area contributed by atoms with Gasteiger partial charge in [0.2, 0.25) is 5.78 Å². The van der Waals surface area contributed by atoms with Crippen molar-refractivity contribution in [3.05, 3.63) is 43.9 Å². The number of thiophene rings is 1. The summed E-state index contributed by atoms with van der Waals surface area (Å²) >= 11 is 1.37. The number of aryl methyl sites for hydroxylation is 3. The number of aromatic nitrogens is 1. The van der Waals surface area contributed by atoms with Gasteiger partial charge in [-0.25, -0.2) is 9.59 Å². The quantitative estimate of drug-likeness (QED) is 0.565. The Hall–Kier alpha value is -2.41. The Bertz CT molecular complexity index is 877. The number of ether oxygens (including phenoxy) is 2. The number of ketones is 1. The molecule has 0 spiro atoms. The van der Waals surface area contributed by atoms with Crippen LogP contribution in [0.3, 0.4) is 0 Å². The second-order valence-corrected chi connectivity index (χ2v) is 7.73. The smallest absolute Gasteiger partial charge is 0.349 e. The molecule has 0 fully saturated rings. The number of carbonyl (C=O) groups is 3. The number of aromatic amines is 1. The van der Waals surface area contributed by atoms with Crippen LogP contribution in [-0.4, -0.2) is 35.9 Å². The van der Waals surface area contributed by atoms with Crippen molar-refractivity contribution in [1.29, 1.82) is 0 Å². The topological polar surface area (TPSA) is 85.5 Å². The van der Waals surface area contributed by atoms with Gasteiger partial charge in [-0.3, -0.25) is 4.79 Å². The van der Waals surface area contributed by atoms with Crippen molar-refractivity contribution >= 4 is 29.1 Å². The van der Waals surface area contributed by atoms with E-state index in [2.05, 4.69) is 11.9 Å². The average molecular weight is 391 g/mol. The number of carbonyl (C=O) groups excluding carboxylic acids is 3. The Labute approximate surface area is 162 Å². The van der Waals surface area contributed by atoms with Crippen molar-refractivity contribution in [3.63, 3.8) is 0 Å². The maximum Gasteiger partial charge on any atom is 0.349 e. The van der Waals surface area contributed by atoms with E-state index >= 15 is 0 Å². The molecule has 0 saturated carbocycles. The summed E-state index contributed by atoms with van der Waals surface area (Å²) in [4.78, 5) is 41.5. The van der Waals surface area contributed by atoms with Crippen molar-refractivity contribution in [2.45, 2.75) is 53.6 Å². The van der Waals surface area contributed by atoms with Gasteiger partial charge in [0.15, 0.2) is 6.10 Å². The lowest BCUT2D eigenvalue weighted by Gasteiger charge is -2.11. The Kier molecular flexibility index (Phi) is 6.59. The molecule has 0 aromatic carbocycles. The summed E-state index contributed by atoms with van der Waals surface area (Å²) in [6.45, 7) is 8.94. The lowest BCUT2D eigenvalue weighted by atomic mass is 10.1. The minimum absolute atomic E-state index is 0.252. The largest absolute Gasteiger partial charge is 0.465 e.